The lowest BCUT2D eigenvalue weighted by Crippen LogP contribution is -2.29. The molecule has 2 rings (SSSR count). The Hall–Kier alpha value is -1.92. The molecular formula is C21H29F3O4. The number of unbranched alkanes of at least 4 members (excludes halogenated alkanes) is 9. The molecule has 1 unspecified atom stereocenters. The quantitative estimate of drug-likeness (QED) is 0.234. The van der Waals surface area contributed by atoms with Crippen LogP contribution in [0.2, 0.25) is 0 Å². The Labute approximate surface area is 164 Å². The van der Waals surface area contributed by atoms with Gasteiger partial charge in [0.15, 0.2) is 17.3 Å². The molecule has 0 amide bonds. The lowest BCUT2D eigenvalue weighted by atomic mass is 10.1. The molecule has 1 aliphatic heterocycles. The summed E-state index contributed by atoms with van der Waals surface area (Å²) in [4.78, 5) is 11.7. The SMILES string of the molecule is CCCCCCCCCCCCOc1c(F)c(F)c2c(c1F)OC(C)OC2=O. The average molecular weight is 402 g/mol. The second kappa shape index (κ2) is 11.2. The Kier molecular flexibility index (Phi) is 8.93. The van der Waals surface area contributed by atoms with Crippen LogP contribution in [0.15, 0.2) is 0 Å². The number of carbonyl (C=O) groups is 1. The molecular weight excluding hydrogens is 373 g/mol. The Morgan fingerprint density at radius 1 is 0.821 bits per heavy atom. The first-order valence-corrected chi connectivity index (χ1v) is 10.2. The number of hydrogen-bond donors (Lipinski definition) is 0. The van der Waals surface area contributed by atoms with Gasteiger partial charge in [0.05, 0.1) is 6.61 Å². The van der Waals surface area contributed by atoms with Crippen molar-refractivity contribution < 1.29 is 32.2 Å². The van der Waals surface area contributed by atoms with E-state index in [4.69, 9.17) is 9.47 Å². The number of halogens is 3. The number of ether oxygens (including phenoxy) is 3. The molecule has 0 N–H and O–H groups in total. The molecule has 1 heterocycles. The number of cyclic esters (lactones) is 1. The summed E-state index contributed by atoms with van der Waals surface area (Å²) in [6, 6.07) is 0. The highest BCUT2D eigenvalue weighted by Crippen LogP contribution is 2.39. The number of benzene rings is 1. The van der Waals surface area contributed by atoms with Gasteiger partial charge in [-0.3, -0.25) is 0 Å². The highest BCUT2D eigenvalue weighted by Gasteiger charge is 2.37. The highest BCUT2D eigenvalue weighted by molar-refractivity contribution is 5.94. The van der Waals surface area contributed by atoms with Crippen LogP contribution < -0.4 is 9.47 Å². The molecule has 0 spiro atoms. The van der Waals surface area contributed by atoms with Gasteiger partial charge in [-0.15, -0.1) is 0 Å². The van der Waals surface area contributed by atoms with E-state index in [-0.39, 0.29) is 6.61 Å². The number of rotatable bonds is 12. The molecule has 7 heteroatoms. The largest absolute Gasteiger partial charge is 0.487 e. The molecule has 0 saturated heterocycles. The average Bonchev–Trinajstić information content (AvgIpc) is 2.66. The molecule has 0 aliphatic carbocycles. The van der Waals surface area contributed by atoms with E-state index in [9.17, 15) is 18.0 Å². The summed E-state index contributed by atoms with van der Waals surface area (Å²) in [5.74, 6) is -6.96. The van der Waals surface area contributed by atoms with E-state index in [2.05, 4.69) is 11.7 Å². The molecule has 28 heavy (non-hydrogen) atoms. The summed E-state index contributed by atoms with van der Waals surface area (Å²) in [5, 5.41) is 0. The van der Waals surface area contributed by atoms with Gasteiger partial charge in [-0.1, -0.05) is 64.7 Å². The minimum absolute atomic E-state index is 0.0581. The molecule has 158 valence electrons. The molecule has 1 aromatic rings. The number of carbonyl (C=O) groups excluding carboxylic acids is 1. The van der Waals surface area contributed by atoms with Crippen molar-refractivity contribution in [3.8, 4) is 11.5 Å². The van der Waals surface area contributed by atoms with Gasteiger partial charge in [0.25, 0.3) is 0 Å². The number of fused-ring (bicyclic) bond motifs is 1. The third kappa shape index (κ3) is 5.79. The van der Waals surface area contributed by atoms with Crippen LogP contribution in [0.4, 0.5) is 13.2 Å². The predicted octanol–water partition coefficient (Wildman–Crippen LogP) is 6.30. The van der Waals surface area contributed by atoms with Crippen LogP contribution in [-0.4, -0.2) is 18.9 Å². The molecule has 1 aliphatic rings. The molecule has 1 atom stereocenters. The summed E-state index contributed by atoms with van der Waals surface area (Å²) >= 11 is 0. The van der Waals surface area contributed by atoms with E-state index < -0.39 is 46.8 Å². The maximum absolute atomic E-state index is 14.5. The summed E-state index contributed by atoms with van der Waals surface area (Å²) in [6.07, 6.45) is 10.0. The van der Waals surface area contributed by atoms with Crippen LogP contribution in [0.3, 0.4) is 0 Å². The van der Waals surface area contributed by atoms with Gasteiger partial charge in [-0.05, 0) is 6.42 Å². The topological polar surface area (TPSA) is 44.8 Å². The lowest BCUT2D eigenvalue weighted by Gasteiger charge is -2.24. The minimum atomic E-state index is -1.54. The summed E-state index contributed by atoms with van der Waals surface area (Å²) < 4.78 is 57.5. The van der Waals surface area contributed by atoms with Crippen molar-refractivity contribution in [1.29, 1.82) is 0 Å². The summed E-state index contributed by atoms with van der Waals surface area (Å²) in [6.45, 7) is 3.61. The third-order valence-corrected chi connectivity index (χ3v) is 4.74. The third-order valence-electron chi connectivity index (χ3n) is 4.74. The van der Waals surface area contributed by atoms with Crippen molar-refractivity contribution in [2.45, 2.75) is 84.3 Å². The van der Waals surface area contributed by atoms with E-state index in [0.717, 1.165) is 19.3 Å². The first kappa shape index (κ1) is 22.4. The second-order valence-corrected chi connectivity index (χ2v) is 7.10. The molecule has 0 radical (unpaired) electrons. The van der Waals surface area contributed by atoms with Crippen molar-refractivity contribution in [2.75, 3.05) is 6.61 Å². The molecule has 0 fully saturated rings. The first-order chi connectivity index (χ1) is 13.5. The molecule has 0 bridgehead atoms. The standard InChI is InChI=1S/C21H29F3O4/c1-3-4-5-6-7-8-9-10-11-12-13-26-20-17(23)16(22)15-19(18(20)24)27-14(2)28-21(15)25/h14H,3-13H2,1-2H3. The normalized spacial score (nSPS) is 15.8. The van der Waals surface area contributed by atoms with Crippen LogP contribution in [0.1, 0.15) is 88.4 Å². The fourth-order valence-corrected chi connectivity index (χ4v) is 3.20. The van der Waals surface area contributed by atoms with Crippen LogP contribution >= 0.6 is 0 Å². The smallest absolute Gasteiger partial charge is 0.348 e. The van der Waals surface area contributed by atoms with Gasteiger partial charge < -0.3 is 14.2 Å². The summed E-state index contributed by atoms with van der Waals surface area (Å²) in [7, 11) is 0. The van der Waals surface area contributed by atoms with Crippen molar-refractivity contribution in [3.05, 3.63) is 23.0 Å². The van der Waals surface area contributed by atoms with E-state index in [1.54, 1.807) is 0 Å². The zero-order valence-electron chi connectivity index (χ0n) is 16.6. The first-order valence-electron chi connectivity index (χ1n) is 10.2. The summed E-state index contributed by atoms with van der Waals surface area (Å²) in [5.41, 5.74) is -0.876. The zero-order valence-corrected chi connectivity index (χ0v) is 16.6. The Morgan fingerprint density at radius 3 is 2.00 bits per heavy atom. The zero-order chi connectivity index (χ0) is 20.5. The van der Waals surface area contributed by atoms with Crippen molar-refractivity contribution in [1.82, 2.24) is 0 Å². The maximum Gasteiger partial charge on any atom is 0.348 e. The molecule has 4 nitrogen and oxygen atoms in total. The minimum Gasteiger partial charge on any atom is -0.487 e. The van der Waals surface area contributed by atoms with Crippen molar-refractivity contribution >= 4 is 5.97 Å². The van der Waals surface area contributed by atoms with Gasteiger partial charge in [0, 0.05) is 6.92 Å². The van der Waals surface area contributed by atoms with E-state index >= 15 is 0 Å². The second-order valence-electron chi connectivity index (χ2n) is 7.10. The van der Waals surface area contributed by atoms with Gasteiger partial charge in [0.1, 0.15) is 5.56 Å². The van der Waals surface area contributed by atoms with Crippen LogP contribution in [0, 0.1) is 17.5 Å². The fourth-order valence-electron chi connectivity index (χ4n) is 3.20. The fraction of sp³-hybridized carbons (Fsp3) is 0.667. The van der Waals surface area contributed by atoms with Crippen molar-refractivity contribution in [2.24, 2.45) is 0 Å². The lowest BCUT2D eigenvalue weighted by molar-refractivity contribution is -0.0521. The van der Waals surface area contributed by atoms with Crippen molar-refractivity contribution in [3.63, 3.8) is 0 Å². The molecule has 0 aromatic heterocycles. The Bertz CT molecular complexity index is 664. The van der Waals surface area contributed by atoms with Crippen LogP contribution in [0.25, 0.3) is 0 Å². The van der Waals surface area contributed by atoms with Gasteiger partial charge in [0.2, 0.25) is 17.9 Å². The van der Waals surface area contributed by atoms with Gasteiger partial charge in [-0.25, -0.2) is 9.18 Å². The van der Waals surface area contributed by atoms with Crippen LogP contribution in [0.5, 0.6) is 11.5 Å². The van der Waals surface area contributed by atoms with Crippen LogP contribution in [-0.2, 0) is 4.74 Å². The molecule has 1 aromatic carbocycles. The van der Waals surface area contributed by atoms with E-state index in [1.165, 1.54) is 45.4 Å². The molecule has 0 saturated carbocycles. The number of esters is 1. The Morgan fingerprint density at radius 2 is 1.39 bits per heavy atom. The highest BCUT2D eigenvalue weighted by atomic mass is 19.2. The van der Waals surface area contributed by atoms with E-state index in [1.807, 2.05) is 0 Å². The predicted molar refractivity (Wildman–Crippen MR) is 99.2 cm³/mol. The Balaban J connectivity index is 1.78. The van der Waals surface area contributed by atoms with Gasteiger partial charge >= 0.3 is 5.97 Å². The monoisotopic (exact) mass is 402 g/mol. The van der Waals surface area contributed by atoms with Gasteiger partial charge in [-0.2, -0.15) is 8.78 Å². The number of hydrogen-bond acceptors (Lipinski definition) is 4. The maximum atomic E-state index is 14.5. The van der Waals surface area contributed by atoms with E-state index in [0.29, 0.717) is 6.42 Å².